The van der Waals surface area contributed by atoms with E-state index in [1.807, 2.05) is 0 Å². The summed E-state index contributed by atoms with van der Waals surface area (Å²) in [4.78, 5) is 5.67. The Morgan fingerprint density at radius 1 is 0.405 bits per heavy atom. The molecular formula is C70H73BN2O. The SMILES string of the molecule is Cc1cc2c(cc1N1c3cc4c(c5c3B3c6c1cc1c(oc7ccccc71)c6-c1cc6c(cc1N3c1cc3c(cc1-5)C(C)(C)CCC3(C)C)C(C)(C)CCC6(C)C)C(C)(C)c1ccccc1-4)C(C)(C)CCC2(C)C. The molecule has 0 bridgehead atoms. The topological polar surface area (TPSA) is 19.6 Å². The number of rotatable bonds is 1. The van der Waals surface area contributed by atoms with E-state index in [0.717, 1.165) is 30.4 Å². The Hall–Kier alpha value is -6.00. The molecule has 0 amide bonds. The van der Waals surface area contributed by atoms with E-state index in [4.69, 9.17) is 4.42 Å². The molecule has 1 aromatic heterocycles. The van der Waals surface area contributed by atoms with Crippen LogP contribution in [0.2, 0.25) is 0 Å². The van der Waals surface area contributed by atoms with Gasteiger partial charge >= 0.3 is 6.85 Å². The molecule has 4 aliphatic carbocycles. The fraction of sp³-hybridized carbons (Fsp3) is 0.400. The zero-order valence-electron chi connectivity index (χ0n) is 46.9. The Morgan fingerprint density at radius 3 is 1.45 bits per heavy atom. The highest BCUT2D eigenvalue weighted by molar-refractivity contribution is 6.95. The normalized spacial score (nSPS) is 21.3. The highest BCUT2D eigenvalue weighted by Gasteiger charge is 2.55. The molecule has 8 aromatic rings. The number of aryl methyl sites for hydroxylation is 1. The van der Waals surface area contributed by atoms with Crippen molar-refractivity contribution in [2.45, 2.75) is 180 Å². The minimum absolute atomic E-state index is 0.0147. The second-order valence-corrected chi connectivity index (χ2v) is 28.9. The molecule has 0 fully saturated rings. The fourth-order valence-corrected chi connectivity index (χ4v) is 16.4. The minimum Gasteiger partial charge on any atom is -0.455 e. The zero-order valence-corrected chi connectivity index (χ0v) is 46.9. The van der Waals surface area contributed by atoms with Crippen molar-refractivity contribution in [3.63, 3.8) is 0 Å². The molecule has 4 heteroatoms. The van der Waals surface area contributed by atoms with Crippen LogP contribution in [0.3, 0.4) is 0 Å². The molecular weight excluding hydrogens is 896 g/mol. The lowest BCUT2D eigenvalue weighted by atomic mass is 9.40. The molecule has 74 heavy (non-hydrogen) atoms. The molecule has 3 nitrogen and oxygen atoms in total. The van der Waals surface area contributed by atoms with Gasteiger partial charge in [-0.3, -0.25) is 0 Å². The summed E-state index contributed by atoms with van der Waals surface area (Å²) in [5, 5.41) is 2.37. The van der Waals surface area contributed by atoms with Gasteiger partial charge in [0.05, 0.1) is 0 Å². The molecule has 3 aliphatic heterocycles. The van der Waals surface area contributed by atoms with Crippen molar-refractivity contribution in [3.8, 4) is 33.4 Å². The van der Waals surface area contributed by atoms with Gasteiger partial charge in [-0.1, -0.05) is 145 Å². The van der Waals surface area contributed by atoms with Crippen LogP contribution < -0.4 is 20.6 Å². The third kappa shape index (κ3) is 5.51. The maximum Gasteiger partial charge on any atom is 0.333 e. The lowest BCUT2D eigenvalue weighted by Gasteiger charge is -2.52. The maximum atomic E-state index is 7.38. The second kappa shape index (κ2) is 13.7. The maximum absolute atomic E-state index is 7.38. The van der Waals surface area contributed by atoms with Gasteiger partial charge in [-0.2, -0.15) is 0 Å². The zero-order chi connectivity index (χ0) is 51.5. The summed E-state index contributed by atoms with van der Waals surface area (Å²) in [6.45, 7) is 37.3. The van der Waals surface area contributed by atoms with Crippen LogP contribution in [0, 0.1) is 6.92 Å². The lowest BCUT2D eigenvalue weighted by Crippen LogP contribution is -2.64. The average Bonchev–Trinajstić information content (AvgIpc) is 3.92. The second-order valence-electron chi connectivity index (χ2n) is 28.9. The van der Waals surface area contributed by atoms with Crippen LogP contribution in [0.15, 0.2) is 101 Å². The first-order valence-electron chi connectivity index (χ1n) is 28.3. The van der Waals surface area contributed by atoms with Gasteiger partial charge in [0.2, 0.25) is 0 Å². The lowest BCUT2D eigenvalue weighted by molar-refractivity contribution is 0.332. The first-order valence-corrected chi connectivity index (χ1v) is 28.3. The van der Waals surface area contributed by atoms with Crippen LogP contribution in [0.5, 0.6) is 0 Å². The van der Waals surface area contributed by atoms with Crippen LogP contribution in [-0.2, 0) is 37.9 Å². The van der Waals surface area contributed by atoms with Crippen molar-refractivity contribution >= 4 is 68.1 Å². The van der Waals surface area contributed by atoms with Crippen LogP contribution in [0.25, 0.3) is 55.3 Å². The van der Waals surface area contributed by atoms with E-state index in [1.54, 1.807) is 0 Å². The van der Waals surface area contributed by atoms with Crippen LogP contribution in [0.4, 0.5) is 28.4 Å². The summed E-state index contributed by atoms with van der Waals surface area (Å²) in [5.74, 6) is 0. The van der Waals surface area contributed by atoms with E-state index in [9.17, 15) is 0 Å². The molecule has 7 aliphatic rings. The number of hydrogen-bond donors (Lipinski definition) is 0. The molecule has 7 aromatic carbocycles. The van der Waals surface area contributed by atoms with Crippen molar-refractivity contribution in [2.24, 2.45) is 0 Å². The van der Waals surface area contributed by atoms with Crippen LogP contribution in [-0.4, -0.2) is 6.85 Å². The van der Waals surface area contributed by atoms with E-state index >= 15 is 0 Å². The molecule has 0 unspecified atom stereocenters. The van der Waals surface area contributed by atoms with Crippen molar-refractivity contribution in [1.29, 1.82) is 0 Å². The summed E-state index contributed by atoms with van der Waals surface area (Å²) >= 11 is 0. The molecule has 0 saturated carbocycles. The van der Waals surface area contributed by atoms with Crippen molar-refractivity contribution in [3.05, 3.63) is 147 Å². The van der Waals surface area contributed by atoms with Crippen LogP contribution in [0.1, 0.15) is 186 Å². The van der Waals surface area contributed by atoms with Gasteiger partial charge in [0.25, 0.3) is 0 Å². The molecule has 15 rings (SSSR count). The number of benzene rings is 7. The van der Waals surface area contributed by atoms with E-state index < -0.39 is 0 Å². The van der Waals surface area contributed by atoms with Gasteiger partial charge in [-0.05, 0) is 204 Å². The summed E-state index contributed by atoms with van der Waals surface area (Å²) < 4.78 is 7.38. The minimum atomic E-state index is -0.240. The molecule has 0 radical (unpaired) electrons. The molecule has 0 saturated heterocycles. The number of nitrogens with zero attached hydrogens (tertiary/aromatic N) is 2. The summed E-state index contributed by atoms with van der Waals surface area (Å²) in [7, 11) is 0. The molecule has 0 spiro atoms. The highest BCUT2D eigenvalue weighted by Crippen LogP contribution is 2.63. The predicted molar refractivity (Wildman–Crippen MR) is 315 cm³/mol. The monoisotopic (exact) mass is 969 g/mol. The molecule has 0 N–H and O–H groups in total. The van der Waals surface area contributed by atoms with Crippen molar-refractivity contribution in [1.82, 2.24) is 0 Å². The van der Waals surface area contributed by atoms with E-state index in [-0.39, 0.29) is 44.8 Å². The van der Waals surface area contributed by atoms with Gasteiger partial charge in [0, 0.05) is 61.3 Å². The van der Waals surface area contributed by atoms with Gasteiger partial charge in [0.15, 0.2) is 0 Å². The molecule has 0 atom stereocenters. The van der Waals surface area contributed by atoms with Crippen LogP contribution >= 0.6 is 0 Å². The first-order chi connectivity index (χ1) is 34.8. The predicted octanol–water partition coefficient (Wildman–Crippen LogP) is 17.9. The number of para-hydroxylation sites is 1. The Morgan fingerprint density at radius 2 is 0.865 bits per heavy atom. The smallest absolute Gasteiger partial charge is 0.333 e. The summed E-state index contributed by atoms with van der Waals surface area (Å²) in [6.07, 6.45) is 7.01. The Balaban J connectivity index is 1.19. The average molecular weight is 969 g/mol. The van der Waals surface area contributed by atoms with E-state index in [0.29, 0.717) is 0 Å². The summed E-state index contributed by atoms with van der Waals surface area (Å²) in [6, 6.07) is 39.5. The van der Waals surface area contributed by atoms with Gasteiger partial charge in [-0.25, -0.2) is 0 Å². The fourth-order valence-electron chi connectivity index (χ4n) is 16.4. The van der Waals surface area contributed by atoms with E-state index in [2.05, 4.69) is 211 Å². The highest BCUT2D eigenvalue weighted by atomic mass is 16.3. The quantitative estimate of drug-likeness (QED) is 0.153. The molecule has 4 heterocycles. The van der Waals surface area contributed by atoms with Gasteiger partial charge in [-0.15, -0.1) is 0 Å². The number of fused-ring (bicyclic) bond motifs is 17. The Labute approximate surface area is 440 Å². The van der Waals surface area contributed by atoms with Crippen molar-refractivity contribution in [2.75, 3.05) is 9.71 Å². The Kier molecular flexibility index (Phi) is 8.40. The Bertz CT molecular complexity index is 3920. The number of furan rings is 1. The number of hydrogen-bond acceptors (Lipinski definition) is 3. The van der Waals surface area contributed by atoms with Gasteiger partial charge < -0.3 is 14.1 Å². The molecule has 372 valence electrons. The standard InChI is InChI=1S/C70H73BN2O/c1-38-30-46-49(67(8,9)27-24-64(46,2)3)35-52(38)72-55-33-41-39-20-16-18-22-45(39)70(14,15)60(41)58-43-31-47-50(68(10,11)28-25-65(47,4)5)36-53(43)73-54-37-51-48(66(6,7)26-29-69(51,12)13)32-44(54)59-62(71(73)61(55)58)56(72)34-42-40-21-17-19-23-57(40)74-63(42)59/h16-23,30-37H,24-29H2,1-15H3. The summed E-state index contributed by atoms with van der Waals surface area (Å²) in [5.41, 5.74) is 32.7. The van der Waals surface area contributed by atoms with E-state index in [1.165, 1.54) is 153 Å². The third-order valence-electron chi connectivity index (χ3n) is 21.2. The van der Waals surface area contributed by atoms with Crippen molar-refractivity contribution < 1.29 is 4.42 Å². The van der Waals surface area contributed by atoms with Gasteiger partial charge in [0.1, 0.15) is 11.2 Å². The largest absolute Gasteiger partial charge is 0.455 e. The number of anilines is 5. The third-order valence-corrected chi connectivity index (χ3v) is 21.2. The first kappa shape index (κ1) is 45.4.